The second kappa shape index (κ2) is 4.83. The normalized spacial score (nSPS) is 9.73. The molecule has 0 atom stereocenters. The van der Waals surface area contributed by atoms with Gasteiger partial charge in [0.25, 0.3) is 5.69 Å². The summed E-state index contributed by atoms with van der Waals surface area (Å²) in [6, 6.07) is 0. The van der Waals surface area contributed by atoms with E-state index in [1.807, 2.05) is 0 Å². The van der Waals surface area contributed by atoms with Crippen LogP contribution in [0.1, 0.15) is 5.56 Å². The lowest BCUT2D eigenvalue weighted by Gasteiger charge is -2.02. The van der Waals surface area contributed by atoms with Crippen LogP contribution in [0.15, 0.2) is 16.9 Å². The van der Waals surface area contributed by atoms with Crippen molar-refractivity contribution in [1.82, 2.24) is 4.98 Å². The molecule has 0 N–H and O–H groups in total. The predicted molar refractivity (Wildman–Crippen MR) is 54.3 cm³/mol. The number of pyridine rings is 1. The highest BCUT2D eigenvalue weighted by atomic mass is 79.9. The van der Waals surface area contributed by atoms with Gasteiger partial charge in [-0.1, -0.05) is 0 Å². The average molecular weight is 275 g/mol. The van der Waals surface area contributed by atoms with E-state index in [0.717, 1.165) is 0 Å². The SMILES string of the molecule is COC(=O)Cc1cncc(Br)c1[N+](=O)[O-]. The average Bonchev–Trinajstić information content (AvgIpc) is 2.17. The molecule has 0 amide bonds. The monoisotopic (exact) mass is 274 g/mol. The summed E-state index contributed by atoms with van der Waals surface area (Å²) in [7, 11) is 1.22. The molecule has 1 rings (SSSR count). The van der Waals surface area contributed by atoms with E-state index in [2.05, 4.69) is 25.7 Å². The Balaban J connectivity index is 3.11. The topological polar surface area (TPSA) is 82.3 Å². The number of nitrogens with zero attached hydrogens (tertiary/aromatic N) is 2. The number of hydrogen-bond acceptors (Lipinski definition) is 5. The van der Waals surface area contributed by atoms with Gasteiger partial charge in [0.2, 0.25) is 0 Å². The first kappa shape index (κ1) is 11.6. The van der Waals surface area contributed by atoms with Gasteiger partial charge in [0, 0.05) is 12.4 Å². The van der Waals surface area contributed by atoms with Crippen LogP contribution >= 0.6 is 15.9 Å². The number of aromatic nitrogens is 1. The fraction of sp³-hybridized carbons (Fsp3) is 0.250. The Morgan fingerprint density at radius 2 is 2.33 bits per heavy atom. The van der Waals surface area contributed by atoms with Crippen molar-refractivity contribution < 1.29 is 14.5 Å². The second-order valence-corrected chi connectivity index (χ2v) is 3.49. The van der Waals surface area contributed by atoms with Crippen molar-refractivity contribution in [3.63, 3.8) is 0 Å². The molecule has 0 saturated carbocycles. The summed E-state index contributed by atoms with van der Waals surface area (Å²) in [5, 5.41) is 10.7. The first-order chi connectivity index (χ1) is 7.06. The van der Waals surface area contributed by atoms with Crippen molar-refractivity contribution in [3.8, 4) is 0 Å². The molecule has 15 heavy (non-hydrogen) atoms. The zero-order valence-electron chi connectivity index (χ0n) is 7.77. The van der Waals surface area contributed by atoms with Crippen LogP contribution in [0.25, 0.3) is 0 Å². The lowest BCUT2D eigenvalue weighted by atomic mass is 10.2. The molecule has 6 nitrogen and oxygen atoms in total. The standard InChI is InChI=1S/C8H7BrN2O4/c1-15-7(12)2-5-3-10-4-6(9)8(5)11(13)14/h3-4H,2H2,1H3. The van der Waals surface area contributed by atoms with Crippen molar-refractivity contribution >= 4 is 27.6 Å². The van der Waals surface area contributed by atoms with Gasteiger partial charge in [0.15, 0.2) is 0 Å². The molecule has 0 aliphatic carbocycles. The Labute approximate surface area is 93.5 Å². The van der Waals surface area contributed by atoms with Gasteiger partial charge >= 0.3 is 5.97 Å². The van der Waals surface area contributed by atoms with Crippen LogP contribution in [-0.2, 0) is 16.0 Å². The number of rotatable bonds is 3. The molecule has 0 fully saturated rings. The molecule has 0 spiro atoms. The van der Waals surface area contributed by atoms with Crippen LogP contribution in [0.4, 0.5) is 5.69 Å². The van der Waals surface area contributed by atoms with Crippen LogP contribution in [0.5, 0.6) is 0 Å². The minimum atomic E-state index is -0.565. The van der Waals surface area contributed by atoms with Crippen LogP contribution in [0.2, 0.25) is 0 Å². The largest absolute Gasteiger partial charge is 0.469 e. The summed E-state index contributed by atoms with van der Waals surface area (Å²) in [6.45, 7) is 0. The van der Waals surface area contributed by atoms with Crippen molar-refractivity contribution in [3.05, 3.63) is 32.5 Å². The van der Waals surface area contributed by atoms with Crippen LogP contribution < -0.4 is 0 Å². The smallest absolute Gasteiger partial charge is 0.310 e. The quantitative estimate of drug-likeness (QED) is 0.474. The van der Waals surface area contributed by atoms with Gasteiger partial charge in [-0.2, -0.15) is 0 Å². The molecule has 0 saturated heterocycles. The van der Waals surface area contributed by atoms with Crippen molar-refractivity contribution in [2.75, 3.05) is 7.11 Å². The lowest BCUT2D eigenvalue weighted by molar-refractivity contribution is -0.386. The van der Waals surface area contributed by atoms with E-state index in [1.54, 1.807) is 0 Å². The summed E-state index contributed by atoms with van der Waals surface area (Å²) in [5.41, 5.74) is 0.0663. The van der Waals surface area contributed by atoms with Crippen LogP contribution in [-0.4, -0.2) is 23.0 Å². The van der Waals surface area contributed by atoms with Crippen molar-refractivity contribution in [2.24, 2.45) is 0 Å². The van der Waals surface area contributed by atoms with Crippen LogP contribution in [0, 0.1) is 10.1 Å². The second-order valence-electron chi connectivity index (χ2n) is 2.64. The molecular weight excluding hydrogens is 268 g/mol. The molecule has 80 valence electrons. The summed E-state index contributed by atoms with van der Waals surface area (Å²) < 4.78 is 4.67. The molecule has 0 unspecified atom stereocenters. The molecule has 7 heteroatoms. The minimum absolute atomic E-state index is 0.157. The van der Waals surface area contributed by atoms with Gasteiger partial charge < -0.3 is 4.74 Å². The number of methoxy groups -OCH3 is 1. The fourth-order valence-corrected chi connectivity index (χ4v) is 1.55. The summed E-state index contributed by atoms with van der Waals surface area (Å²) in [5.74, 6) is -0.544. The van der Waals surface area contributed by atoms with Crippen molar-refractivity contribution in [2.45, 2.75) is 6.42 Å². The van der Waals surface area contributed by atoms with E-state index in [4.69, 9.17) is 0 Å². The zero-order valence-corrected chi connectivity index (χ0v) is 9.35. The number of hydrogen-bond donors (Lipinski definition) is 0. The van der Waals surface area contributed by atoms with E-state index >= 15 is 0 Å². The van der Waals surface area contributed by atoms with Gasteiger partial charge in [-0.05, 0) is 15.9 Å². The molecule has 0 aliphatic rings. The van der Waals surface area contributed by atoms with Gasteiger partial charge in [0.05, 0.1) is 24.0 Å². The van der Waals surface area contributed by atoms with E-state index in [0.29, 0.717) is 0 Å². The zero-order chi connectivity index (χ0) is 11.4. The summed E-state index contributed by atoms with van der Waals surface area (Å²) in [6.07, 6.45) is 2.41. The van der Waals surface area contributed by atoms with Gasteiger partial charge in [-0.15, -0.1) is 0 Å². The van der Waals surface area contributed by atoms with Crippen LogP contribution in [0.3, 0.4) is 0 Å². The van der Waals surface area contributed by atoms with Crippen molar-refractivity contribution in [1.29, 1.82) is 0 Å². The molecule has 1 aromatic rings. The number of halogens is 1. The molecular formula is C8H7BrN2O4. The van der Waals surface area contributed by atoms with Gasteiger partial charge in [0.1, 0.15) is 4.47 Å². The Morgan fingerprint density at radius 1 is 1.67 bits per heavy atom. The summed E-state index contributed by atoms with van der Waals surface area (Å²) >= 11 is 3.00. The highest BCUT2D eigenvalue weighted by molar-refractivity contribution is 9.10. The maximum atomic E-state index is 11.0. The number of nitro groups is 1. The number of ether oxygens (including phenoxy) is 1. The number of carbonyl (C=O) groups is 1. The molecule has 0 aromatic carbocycles. The fourth-order valence-electron chi connectivity index (χ4n) is 1.03. The highest BCUT2D eigenvalue weighted by Gasteiger charge is 2.20. The first-order valence-corrected chi connectivity index (χ1v) is 4.69. The van der Waals surface area contributed by atoms with E-state index in [9.17, 15) is 14.9 Å². The molecule has 0 bridgehead atoms. The third-order valence-electron chi connectivity index (χ3n) is 1.69. The lowest BCUT2D eigenvalue weighted by Crippen LogP contribution is -2.07. The van der Waals surface area contributed by atoms with E-state index < -0.39 is 10.9 Å². The molecule has 0 radical (unpaired) electrons. The number of carbonyl (C=O) groups excluding carboxylic acids is 1. The molecule has 0 aliphatic heterocycles. The Bertz CT molecular complexity index is 408. The third-order valence-corrected chi connectivity index (χ3v) is 2.27. The Kier molecular flexibility index (Phi) is 3.73. The molecule has 1 aromatic heterocycles. The minimum Gasteiger partial charge on any atom is -0.469 e. The van der Waals surface area contributed by atoms with Gasteiger partial charge in [-0.3, -0.25) is 19.9 Å². The predicted octanol–water partition coefficient (Wildman–Crippen LogP) is 1.47. The van der Waals surface area contributed by atoms with Gasteiger partial charge in [-0.25, -0.2) is 0 Å². The maximum absolute atomic E-state index is 11.0. The summed E-state index contributed by atoms with van der Waals surface area (Å²) in [4.78, 5) is 24.9. The first-order valence-electron chi connectivity index (χ1n) is 3.90. The Hall–Kier alpha value is -1.50. The number of esters is 1. The Morgan fingerprint density at radius 3 is 2.87 bits per heavy atom. The van der Waals surface area contributed by atoms with E-state index in [-0.39, 0.29) is 22.1 Å². The molecule has 1 heterocycles. The maximum Gasteiger partial charge on any atom is 0.310 e. The third kappa shape index (κ3) is 2.72. The highest BCUT2D eigenvalue weighted by Crippen LogP contribution is 2.27. The van der Waals surface area contributed by atoms with E-state index in [1.165, 1.54) is 19.5 Å².